The van der Waals surface area contributed by atoms with Crippen molar-refractivity contribution in [2.75, 3.05) is 6.54 Å². The Morgan fingerprint density at radius 2 is 1.50 bits per heavy atom. The van der Waals surface area contributed by atoms with Crippen LogP contribution < -0.4 is 0 Å². The average molecular weight is 426 g/mol. The molecule has 5 nitrogen and oxygen atoms in total. The van der Waals surface area contributed by atoms with Crippen LogP contribution in [0.25, 0.3) is 11.4 Å². The second-order valence-corrected chi connectivity index (χ2v) is 7.91. The molecule has 1 heterocycles. The van der Waals surface area contributed by atoms with Crippen LogP contribution >= 0.6 is 0 Å². The predicted octanol–water partition coefficient (Wildman–Crippen LogP) is 5.25. The maximum atomic E-state index is 13.1. The lowest BCUT2D eigenvalue weighted by atomic mass is 10.1. The second kappa shape index (κ2) is 10.5. The Balaban J connectivity index is 1.39. The summed E-state index contributed by atoms with van der Waals surface area (Å²) in [5.74, 6) is 1.12. The maximum Gasteiger partial charge on any atom is 0.227 e. The third-order valence-corrected chi connectivity index (χ3v) is 5.41. The number of rotatable bonds is 9. The molecule has 0 unspecified atom stereocenters. The van der Waals surface area contributed by atoms with Gasteiger partial charge in [0.1, 0.15) is 0 Å². The summed E-state index contributed by atoms with van der Waals surface area (Å²) in [7, 11) is 0. The molecule has 0 saturated carbocycles. The number of hydrogen-bond donors (Lipinski definition) is 0. The van der Waals surface area contributed by atoms with E-state index in [-0.39, 0.29) is 5.91 Å². The quantitative estimate of drug-likeness (QED) is 0.368. The molecule has 0 bridgehead atoms. The minimum absolute atomic E-state index is 0.0832. The van der Waals surface area contributed by atoms with Gasteiger partial charge >= 0.3 is 0 Å². The zero-order valence-corrected chi connectivity index (χ0v) is 18.3. The molecular formula is C27H27N3O2. The lowest BCUT2D eigenvalue weighted by Crippen LogP contribution is -2.32. The monoisotopic (exact) mass is 425 g/mol. The minimum atomic E-state index is 0.0832. The maximum absolute atomic E-state index is 13.1. The van der Waals surface area contributed by atoms with E-state index in [1.165, 1.54) is 11.1 Å². The summed E-state index contributed by atoms with van der Waals surface area (Å²) in [6, 6.07) is 28.3. The number of hydrogen-bond acceptors (Lipinski definition) is 4. The summed E-state index contributed by atoms with van der Waals surface area (Å²) in [4.78, 5) is 19.5. The number of aromatic nitrogens is 2. The summed E-state index contributed by atoms with van der Waals surface area (Å²) < 4.78 is 5.40. The first-order valence-corrected chi connectivity index (χ1v) is 10.9. The van der Waals surface area contributed by atoms with Gasteiger partial charge in [0.15, 0.2) is 0 Å². The number of aryl methyl sites for hydroxylation is 2. The SMILES string of the molecule is Cc1ccc(-c2noc(CCC(=O)N(CCc3ccccc3)Cc3ccccc3)n2)cc1. The van der Waals surface area contributed by atoms with Gasteiger partial charge in [-0.25, -0.2) is 0 Å². The molecule has 5 heteroatoms. The summed E-state index contributed by atoms with van der Waals surface area (Å²) >= 11 is 0. The van der Waals surface area contributed by atoms with Crippen molar-refractivity contribution in [3.8, 4) is 11.4 Å². The Morgan fingerprint density at radius 1 is 0.844 bits per heavy atom. The van der Waals surface area contributed by atoms with Crippen LogP contribution in [0, 0.1) is 6.92 Å². The Labute approximate surface area is 188 Å². The number of carbonyl (C=O) groups excluding carboxylic acids is 1. The fourth-order valence-electron chi connectivity index (χ4n) is 3.55. The molecule has 3 aromatic carbocycles. The van der Waals surface area contributed by atoms with Crippen LogP contribution in [-0.2, 0) is 24.2 Å². The molecule has 162 valence electrons. The normalized spacial score (nSPS) is 10.8. The van der Waals surface area contributed by atoms with Gasteiger partial charge in [-0.1, -0.05) is 95.6 Å². The van der Waals surface area contributed by atoms with E-state index in [2.05, 4.69) is 34.4 Å². The van der Waals surface area contributed by atoms with Crippen molar-refractivity contribution in [2.45, 2.75) is 32.7 Å². The zero-order chi connectivity index (χ0) is 22.2. The van der Waals surface area contributed by atoms with Gasteiger partial charge in [0, 0.05) is 31.5 Å². The molecule has 4 aromatic rings. The fraction of sp³-hybridized carbons (Fsp3) is 0.222. The van der Waals surface area contributed by atoms with E-state index in [4.69, 9.17) is 4.52 Å². The Hall–Kier alpha value is -3.73. The largest absolute Gasteiger partial charge is 0.339 e. The van der Waals surface area contributed by atoms with Gasteiger partial charge in [0.2, 0.25) is 17.6 Å². The molecule has 0 spiro atoms. The highest BCUT2D eigenvalue weighted by atomic mass is 16.5. The van der Waals surface area contributed by atoms with Crippen LogP contribution in [0.5, 0.6) is 0 Å². The Bertz CT molecular complexity index is 1120. The van der Waals surface area contributed by atoms with E-state index in [9.17, 15) is 4.79 Å². The van der Waals surface area contributed by atoms with Gasteiger partial charge in [-0.2, -0.15) is 4.98 Å². The fourth-order valence-corrected chi connectivity index (χ4v) is 3.55. The first kappa shape index (κ1) is 21.5. The molecule has 0 aliphatic carbocycles. The molecule has 0 N–H and O–H groups in total. The van der Waals surface area contributed by atoms with E-state index in [1.54, 1.807) is 0 Å². The zero-order valence-electron chi connectivity index (χ0n) is 18.3. The topological polar surface area (TPSA) is 59.2 Å². The summed E-state index contributed by atoms with van der Waals surface area (Å²) in [6.45, 7) is 3.29. The molecule has 1 aromatic heterocycles. The Kier molecular flexibility index (Phi) is 7.08. The van der Waals surface area contributed by atoms with Gasteiger partial charge in [0.25, 0.3) is 0 Å². The van der Waals surface area contributed by atoms with Crippen molar-refractivity contribution in [2.24, 2.45) is 0 Å². The van der Waals surface area contributed by atoms with Gasteiger partial charge < -0.3 is 9.42 Å². The molecule has 0 fully saturated rings. The van der Waals surface area contributed by atoms with E-state index in [0.29, 0.717) is 37.6 Å². The van der Waals surface area contributed by atoms with Crippen molar-refractivity contribution >= 4 is 5.91 Å². The lowest BCUT2D eigenvalue weighted by molar-refractivity contribution is -0.131. The smallest absolute Gasteiger partial charge is 0.227 e. The summed E-state index contributed by atoms with van der Waals surface area (Å²) in [6.07, 6.45) is 1.57. The third kappa shape index (κ3) is 5.91. The second-order valence-electron chi connectivity index (χ2n) is 7.91. The van der Waals surface area contributed by atoms with Crippen molar-refractivity contribution in [1.29, 1.82) is 0 Å². The molecule has 4 rings (SSSR count). The standard InChI is InChI=1S/C27H27N3O2/c1-21-12-14-24(15-13-21)27-28-25(32-29-27)16-17-26(31)30(20-23-10-6-3-7-11-23)19-18-22-8-4-2-5-9-22/h2-15H,16-20H2,1H3. The van der Waals surface area contributed by atoms with Crippen LogP contribution in [0.3, 0.4) is 0 Å². The molecular weight excluding hydrogens is 398 g/mol. The first-order chi connectivity index (χ1) is 15.7. The Morgan fingerprint density at radius 3 is 2.19 bits per heavy atom. The predicted molar refractivity (Wildman–Crippen MR) is 125 cm³/mol. The van der Waals surface area contributed by atoms with E-state index >= 15 is 0 Å². The number of carbonyl (C=O) groups is 1. The molecule has 0 radical (unpaired) electrons. The van der Waals surface area contributed by atoms with Gasteiger partial charge in [-0.15, -0.1) is 0 Å². The molecule has 1 amide bonds. The third-order valence-electron chi connectivity index (χ3n) is 5.41. The lowest BCUT2D eigenvalue weighted by Gasteiger charge is -2.23. The number of nitrogens with zero attached hydrogens (tertiary/aromatic N) is 3. The molecule has 0 aliphatic heterocycles. The summed E-state index contributed by atoms with van der Waals surface area (Å²) in [5.41, 5.74) is 4.42. The van der Waals surface area contributed by atoms with Gasteiger partial charge in [0.05, 0.1) is 0 Å². The van der Waals surface area contributed by atoms with Crippen molar-refractivity contribution in [3.63, 3.8) is 0 Å². The number of amides is 1. The van der Waals surface area contributed by atoms with Crippen LogP contribution in [-0.4, -0.2) is 27.5 Å². The van der Waals surface area contributed by atoms with E-state index in [0.717, 1.165) is 17.5 Å². The molecule has 0 aliphatic rings. The molecule has 0 saturated heterocycles. The van der Waals surface area contributed by atoms with Crippen LogP contribution in [0.1, 0.15) is 29.0 Å². The van der Waals surface area contributed by atoms with E-state index < -0.39 is 0 Å². The van der Waals surface area contributed by atoms with Crippen molar-refractivity contribution in [1.82, 2.24) is 15.0 Å². The van der Waals surface area contributed by atoms with Crippen molar-refractivity contribution in [3.05, 3.63) is 108 Å². The average Bonchev–Trinajstić information content (AvgIpc) is 3.31. The molecule has 32 heavy (non-hydrogen) atoms. The van der Waals surface area contributed by atoms with Gasteiger partial charge in [-0.05, 0) is 24.5 Å². The first-order valence-electron chi connectivity index (χ1n) is 10.9. The molecule has 0 atom stereocenters. The van der Waals surface area contributed by atoms with Gasteiger partial charge in [-0.3, -0.25) is 4.79 Å². The van der Waals surface area contributed by atoms with Crippen LogP contribution in [0.4, 0.5) is 0 Å². The number of benzene rings is 3. The van der Waals surface area contributed by atoms with Crippen LogP contribution in [0.15, 0.2) is 89.5 Å². The highest BCUT2D eigenvalue weighted by Gasteiger charge is 2.16. The summed E-state index contributed by atoms with van der Waals surface area (Å²) in [5, 5.41) is 4.07. The highest BCUT2D eigenvalue weighted by Crippen LogP contribution is 2.17. The van der Waals surface area contributed by atoms with E-state index in [1.807, 2.05) is 72.5 Å². The minimum Gasteiger partial charge on any atom is -0.339 e. The van der Waals surface area contributed by atoms with Crippen LogP contribution in [0.2, 0.25) is 0 Å². The van der Waals surface area contributed by atoms with Crippen molar-refractivity contribution < 1.29 is 9.32 Å². The highest BCUT2D eigenvalue weighted by molar-refractivity contribution is 5.76.